The fourth-order valence-electron chi connectivity index (χ4n) is 3.34. The summed E-state index contributed by atoms with van der Waals surface area (Å²) in [6, 6.07) is 11.6. The van der Waals surface area contributed by atoms with E-state index in [2.05, 4.69) is 14.7 Å². The molecule has 0 atom stereocenters. The van der Waals surface area contributed by atoms with Crippen LogP contribution in [0.4, 0.5) is 0 Å². The first-order chi connectivity index (χ1) is 14.9. The Balaban J connectivity index is 1.80. The Bertz CT molecular complexity index is 1350. The SMILES string of the molecule is COC(=O)CCCc1cc2nc(Cl)ccc2n1S(=O)(=O)c1cccc(-c2cscn2)c1. The maximum atomic E-state index is 13.7. The molecular formula is C21H18ClN3O4S2. The molecule has 4 aromatic rings. The Labute approximate surface area is 188 Å². The molecular weight excluding hydrogens is 458 g/mol. The number of esters is 1. The van der Waals surface area contributed by atoms with Crippen molar-refractivity contribution in [3.63, 3.8) is 0 Å². The lowest BCUT2D eigenvalue weighted by atomic mass is 10.2. The molecule has 0 saturated heterocycles. The summed E-state index contributed by atoms with van der Waals surface area (Å²) < 4.78 is 33.3. The van der Waals surface area contributed by atoms with Crippen molar-refractivity contribution in [1.29, 1.82) is 0 Å². The minimum absolute atomic E-state index is 0.139. The average molecular weight is 476 g/mol. The van der Waals surface area contributed by atoms with Crippen LogP contribution in [-0.2, 0) is 26.0 Å². The number of hydrogen-bond donors (Lipinski definition) is 0. The Morgan fingerprint density at radius 2 is 2.06 bits per heavy atom. The molecule has 1 aromatic carbocycles. The molecule has 0 bridgehead atoms. The topological polar surface area (TPSA) is 91.1 Å². The molecule has 0 aliphatic rings. The van der Waals surface area contributed by atoms with Crippen LogP contribution in [0.5, 0.6) is 0 Å². The van der Waals surface area contributed by atoms with Gasteiger partial charge in [-0.15, -0.1) is 11.3 Å². The van der Waals surface area contributed by atoms with E-state index in [0.29, 0.717) is 40.8 Å². The lowest BCUT2D eigenvalue weighted by molar-refractivity contribution is -0.140. The van der Waals surface area contributed by atoms with Gasteiger partial charge >= 0.3 is 5.97 Å². The summed E-state index contributed by atoms with van der Waals surface area (Å²) in [5, 5.41) is 2.13. The molecule has 0 N–H and O–H groups in total. The van der Waals surface area contributed by atoms with Crippen molar-refractivity contribution < 1.29 is 17.9 Å². The van der Waals surface area contributed by atoms with E-state index in [1.807, 2.05) is 11.4 Å². The van der Waals surface area contributed by atoms with Crippen molar-refractivity contribution in [3.8, 4) is 11.3 Å². The Morgan fingerprint density at radius 1 is 1.23 bits per heavy atom. The third-order valence-electron chi connectivity index (χ3n) is 4.79. The number of ether oxygens (including phenoxy) is 1. The quantitative estimate of drug-likeness (QED) is 0.288. The number of aromatic nitrogens is 3. The Kier molecular flexibility index (Phi) is 6.08. The standard InChI is InChI=1S/C21H18ClN3O4S2/c1-29-21(26)7-3-5-15-11-17-19(8-9-20(22)24-17)25(15)31(27,28)16-6-2-4-14(10-16)18-12-30-13-23-18/h2,4,6,8-13H,3,5,7H2,1H3. The van der Waals surface area contributed by atoms with Crippen molar-refractivity contribution in [1.82, 2.24) is 13.9 Å². The van der Waals surface area contributed by atoms with E-state index in [9.17, 15) is 13.2 Å². The van der Waals surface area contributed by atoms with Crippen molar-refractivity contribution in [2.75, 3.05) is 7.11 Å². The van der Waals surface area contributed by atoms with Gasteiger partial charge in [-0.2, -0.15) is 0 Å². The molecule has 0 unspecified atom stereocenters. The van der Waals surface area contributed by atoms with Crippen LogP contribution in [0.2, 0.25) is 5.15 Å². The summed E-state index contributed by atoms with van der Waals surface area (Å²) in [6.45, 7) is 0. The molecule has 0 amide bonds. The molecule has 0 aliphatic carbocycles. The van der Waals surface area contributed by atoms with Gasteiger partial charge in [-0.25, -0.2) is 22.4 Å². The van der Waals surface area contributed by atoms with Gasteiger partial charge in [0.05, 0.1) is 34.2 Å². The van der Waals surface area contributed by atoms with Gasteiger partial charge in [0.25, 0.3) is 10.0 Å². The minimum atomic E-state index is -3.94. The highest BCUT2D eigenvalue weighted by molar-refractivity contribution is 7.90. The van der Waals surface area contributed by atoms with Gasteiger partial charge in [-0.3, -0.25) is 4.79 Å². The van der Waals surface area contributed by atoms with Gasteiger partial charge < -0.3 is 4.74 Å². The fraction of sp³-hybridized carbons (Fsp3) is 0.190. The molecule has 7 nitrogen and oxygen atoms in total. The minimum Gasteiger partial charge on any atom is -0.469 e. The van der Waals surface area contributed by atoms with Crippen LogP contribution in [0.25, 0.3) is 22.3 Å². The lowest BCUT2D eigenvalue weighted by Gasteiger charge is -2.13. The van der Waals surface area contributed by atoms with Gasteiger partial charge in [0.1, 0.15) is 5.15 Å². The molecule has 31 heavy (non-hydrogen) atoms. The lowest BCUT2D eigenvalue weighted by Crippen LogP contribution is -2.16. The van der Waals surface area contributed by atoms with Crippen LogP contribution in [0, 0.1) is 0 Å². The van der Waals surface area contributed by atoms with Gasteiger partial charge in [-0.05, 0) is 43.2 Å². The first kappa shape index (κ1) is 21.5. The first-order valence-corrected chi connectivity index (χ1v) is 12.1. The number of hydrogen-bond acceptors (Lipinski definition) is 7. The normalized spacial score (nSPS) is 11.7. The molecule has 0 spiro atoms. The van der Waals surface area contributed by atoms with E-state index < -0.39 is 10.0 Å². The number of pyridine rings is 1. The number of carbonyl (C=O) groups excluding carboxylic acids is 1. The zero-order chi connectivity index (χ0) is 22.0. The monoisotopic (exact) mass is 475 g/mol. The van der Waals surface area contributed by atoms with Crippen LogP contribution in [0.3, 0.4) is 0 Å². The summed E-state index contributed by atoms with van der Waals surface area (Å²) in [6.07, 6.45) is 0.977. The first-order valence-electron chi connectivity index (χ1n) is 9.38. The van der Waals surface area contributed by atoms with Gasteiger partial charge in [0.15, 0.2) is 0 Å². The molecule has 0 radical (unpaired) electrons. The van der Waals surface area contributed by atoms with E-state index in [1.54, 1.807) is 41.9 Å². The highest BCUT2D eigenvalue weighted by Crippen LogP contribution is 2.29. The van der Waals surface area contributed by atoms with Crippen molar-refractivity contribution in [2.24, 2.45) is 0 Å². The van der Waals surface area contributed by atoms with Gasteiger partial charge in [0.2, 0.25) is 0 Å². The number of aryl methyl sites for hydroxylation is 1. The second-order valence-corrected chi connectivity index (χ2v) is 9.67. The maximum absolute atomic E-state index is 13.7. The van der Waals surface area contributed by atoms with Gasteiger partial charge in [0, 0.05) is 23.1 Å². The smallest absolute Gasteiger partial charge is 0.305 e. The van der Waals surface area contributed by atoms with Crippen LogP contribution in [0.1, 0.15) is 18.5 Å². The molecule has 4 rings (SSSR count). The van der Waals surface area contributed by atoms with E-state index >= 15 is 0 Å². The number of nitrogens with zero attached hydrogens (tertiary/aromatic N) is 3. The molecule has 0 aliphatic heterocycles. The molecule has 0 fully saturated rings. The second kappa shape index (κ2) is 8.78. The predicted octanol–water partition coefficient (Wildman–Crippen LogP) is 4.55. The molecule has 0 saturated carbocycles. The number of benzene rings is 1. The van der Waals surface area contributed by atoms with Gasteiger partial charge in [-0.1, -0.05) is 23.7 Å². The Hall–Kier alpha value is -2.75. The van der Waals surface area contributed by atoms with E-state index in [-0.39, 0.29) is 22.4 Å². The van der Waals surface area contributed by atoms with Crippen LogP contribution >= 0.6 is 22.9 Å². The molecule has 3 heterocycles. The zero-order valence-electron chi connectivity index (χ0n) is 16.5. The van der Waals surface area contributed by atoms with Crippen LogP contribution in [-0.4, -0.2) is 35.4 Å². The van der Waals surface area contributed by atoms with E-state index in [4.69, 9.17) is 11.6 Å². The number of rotatable bonds is 7. The highest BCUT2D eigenvalue weighted by Gasteiger charge is 2.24. The van der Waals surface area contributed by atoms with Crippen LogP contribution in [0.15, 0.2) is 58.3 Å². The third-order valence-corrected chi connectivity index (χ3v) is 7.35. The van der Waals surface area contributed by atoms with Crippen molar-refractivity contribution in [3.05, 3.63) is 64.2 Å². The van der Waals surface area contributed by atoms with E-state index in [0.717, 1.165) is 0 Å². The summed E-state index contributed by atoms with van der Waals surface area (Å²) >= 11 is 7.46. The fourth-order valence-corrected chi connectivity index (χ4v) is 5.66. The average Bonchev–Trinajstić information content (AvgIpc) is 3.41. The van der Waals surface area contributed by atoms with Crippen LogP contribution < -0.4 is 0 Å². The number of methoxy groups -OCH3 is 1. The number of fused-ring (bicyclic) bond motifs is 1. The summed E-state index contributed by atoms with van der Waals surface area (Å²) in [5.74, 6) is -0.345. The zero-order valence-corrected chi connectivity index (χ0v) is 18.9. The predicted molar refractivity (Wildman–Crippen MR) is 120 cm³/mol. The second-order valence-electron chi connectivity index (χ2n) is 6.77. The number of thiazole rings is 1. The van der Waals surface area contributed by atoms with Crippen molar-refractivity contribution >= 4 is 50.0 Å². The molecule has 3 aromatic heterocycles. The molecule has 10 heteroatoms. The van der Waals surface area contributed by atoms with E-state index in [1.165, 1.54) is 22.4 Å². The maximum Gasteiger partial charge on any atom is 0.305 e. The number of halogens is 1. The highest BCUT2D eigenvalue weighted by atomic mass is 35.5. The summed E-state index contributed by atoms with van der Waals surface area (Å²) in [5.41, 5.74) is 4.55. The summed E-state index contributed by atoms with van der Waals surface area (Å²) in [4.78, 5) is 20.2. The largest absolute Gasteiger partial charge is 0.469 e. The third kappa shape index (κ3) is 4.34. The van der Waals surface area contributed by atoms with Crippen molar-refractivity contribution in [2.45, 2.75) is 24.2 Å². The Morgan fingerprint density at radius 3 is 2.81 bits per heavy atom. The molecule has 160 valence electrons. The number of carbonyl (C=O) groups is 1. The summed E-state index contributed by atoms with van der Waals surface area (Å²) in [7, 11) is -2.62.